The van der Waals surface area contributed by atoms with Crippen molar-refractivity contribution in [3.63, 3.8) is 0 Å². The highest BCUT2D eigenvalue weighted by molar-refractivity contribution is 5.80. The van der Waals surface area contributed by atoms with Crippen molar-refractivity contribution in [2.75, 3.05) is 7.11 Å². The predicted molar refractivity (Wildman–Crippen MR) is 56.3 cm³/mol. The number of nitrogens with zero attached hydrogens (tertiary/aromatic N) is 1. The Morgan fingerprint density at radius 1 is 1.36 bits per heavy atom. The van der Waals surface area contributed by atoms with Gasteiger partial charge in [0.1, 0.15) is 0 Å². The largest absolute Gasteiger partial charge is 0.466 e. The average Bonchev–Trinajstić information content (AvgIpc) is 2.24. The normalized spacial score (nSPS) is 8.57. The molecule has 0 rings (SSSR count). The van der Waals surface area contributed by atoms with E-state index in [1.165, 1.54) is 13.2 Å². The van der Waals surface area contributed by atoms with Crippen molar-refractivity contribution in [3.05, 3.63) is 49.6 Å². The second-order valence-corrected chi connectivity index (χ2v) is 1.84. The van der Waals surface area contributed by atoms with Crippen LogP contribution in [-0.2, 0) is 9.53 Å². The van der Waals surface area contributed by atoms with E-state index in [4.69, 9.17) is 5.26 Å². The van der Waals surface area contributed by atoms with Gasteiger partial charge in [0.05, 0.1) is 13.2 Å². The molecule has 0 fully saturated rings. The van der Waals surface area contributed by atoms with Gasteiger partial charge in [-0.1, -0.05) is 37.5 Å². The van der Waals surface area contributed by atoms with E-state index in [1.807, 2.05) is 6.07 Å². The number of hydrogen-bond acceptors (Lipinski definition) is 3. The lowest BCUT2D eigenvalue weighted by Gasteiger charge is -1.83. The fourth-order valence-electron chi connectivity index (χ4n) is 0.325. The minimum absolute atomic E-state index is 0.394. The molecular formula is C11H13NO2. The third-order valence-corrected chi connectivity index (χ3v) is 0.897. The number of methoxy groups -OCH3 is 1. The molecule has 0 N–H and O–H groups in total. The van der Waals surface area contributed by atoms with Crippen LogP contribution in [0.4, 0.5) is 0 Å². The van der Waals surface area contributed by atoms with Crippen LogP contribution in [0.15, 0.2) is 49.6 Å². The van der Waals surface area contributed by atoms with Crippen LogP contribution in [0, 0.1) is 11.3 Å². The van der Waals surface area contributed by atoms with E-state index in [0.29, 0.717) is 0 Å². The Morgan fingerprint density at radius 3 is 2.29 bits per heavy atom. The van der Waals surface area contributed by atoms with Crippen LogP contribution in [0.1, 0.15) is 0 Å². The second kappa shape index (κ2) is 13.5. The van der Waals surface area contributed by atoms with Crippen molar-refractivity contribution in [1.82, 2.24) is 0 Å². The van der Waals surface area contributed by atoms with Gasteiger partial charge >= 0.3 is 5.97 Å². The standard InChI is InChI=1S/C7H7N.C4H6O2/c1-2-3-4-5-6-7-8;1-3-4(5)6-2/h2-6H,1H2;3H,1H2,2H3. The molecule has 0 amide bonds. The lowest BCUT2D eigenvalue weighted by Crippen LogP contribution is -1.91. The molecule has 0 unspecified atom stereocenters. The number of rotatable bonds is 3. The van der Waals surface area contributed by atoms with Gasteiger partial charge in [0, 0.05) is 12.2 Å². The van der Waals surface area contributed by atoms with Gasteiger partial charge in [-0.05, 0) is 0 Å². The number of carbonyl (C=O) groups is 1. The first-order valence-corrected chi connectivity index (χ1v) is 3.77. The monoisotopic (exact) mass is 191 g/mol. The number of carbonyl (C=O) groups excluding carboxylic acids is 1. The smallest absolute Gasteiger partial charge is 0.329 e. The Kier molecular flexibility index (Phi) is 13.9. The van der Waals surface area contributed by atoms with Crippen molar-refractivity contribution in [3.8, 4) is 6.07 Å². The first-order chi connectivity index (χ1) is 6.72. The first kappa shape index (κ1) is 14.4. The summed E-state index contributed by atoms with van der Waals surface area (Å²) in [7, 11) is 1.31. The molecule has 0 aromatic carbocycles. The van der Waals surface area contributed by atoms with E-state index in [0.717, 1.165) is 6.08 Å². The Hall–Kier alpha value is -2.08. The molecule has 0 aliphatic carbocycles. The molecule has 0 aliphatic heterocycles. The fraction of sp³-hybridized carbons (Fsp3) is 0.0909. The molecule has 0 bridgehead atoms. The van der Waals surface area contributed by atoms with E-state index >= 15 is 0 Å². The molecule has 3 heteroatoms. The molecule has 0 heterocycles. The first-order valence-electron chi connectivity index (χ1n) is 3.77. The minimum Gasteiger partial charge on any atom is -0.466 e. The van der Waals surface area contributed by atoms with Crippen molar-refractivity contribution in [2.45, 2.75) is 0 Å². The zero-order chi connectivity index (χ0) is 11.2. The summed E-state index contributed by atoms with van der Waals surface area (Å²) in [5, 5.41) is 7.97. The van der Waals surface area contributed by atoms with Gasteiger partial charge in [-0.25, -0.2) is 4.79 Å². The molecule has 74 valence electrons. The molecule has 0 aromatic heterocycles. The van der Waals surface area contributed by atoms with Crippen LogP contribution < -0.4 is 0 Å². The van der Waals surface area contributed by atoms with Crippen molar-refractivity contribution in [1.29, 1.82) is 5.26 Å². The van der Waals surface area contributed by atoms with Gasteiger partial charge in [0.2, 0.25) is 0 Å². The summed E-state index contributed by atoms with van der Waals surface area (Å²) < 4.78 is 4.14. The zero-order valence-electron chi connectivity index (χ0n) is 8.14. The van der Waals surface area contributed by atoms with E-state index in [9.17, 15) is 4.79 Å². The molecule has 0 aliphatic rings. The SMILES string of the molecule is C=CC(=O)OC.C=CC=CC=CC#N. The molecule has 0 radical (unpaired) electrons. The Labute approximate surface area is 84.3 Å². The predicted octanol–water partition coefficient (Wildman–Crippen LogP) is 2.15. The molecule has 0 aromatic rings. The van der Waals surface area contributed by atoms with Crippen LogP contribution in [-0.4, -0.2) is 13.1 Å². The topological polar surface area (TPSA) is 50.1 Å². The molecule has 0 saturated carbocycles. The van der Waals surface area contributed by atoms with E-state index in [1.54, 1.807) is 24.3 Å². The highest BCUT2D eigenvalue weighted by Gasteiger charge is 1.81. The van der Waals surface area contributed by atoms with Crippen molar-refractivity contribution < 1.29 is 9.53 Å². The van der Waals surface area contributed by atoms with Gasteiger partial charge < -0.3 is 4.74 Å². The highest BCUT2D eigenvalue weighted by atomic mass is 16.5. The fourth-order valence-corrected chi connectivity index (χ4v) is 0.325. The van der Waals surface area contributed by atoms with Crippen LogP contribution >= 0.6 is 0 Å². The average molecular weight is 191 g/mol. The summed E-state index contributed by atoms with van der Waals surface area (Å²) in [6.07, 6.45) is 9.33. The zero-order valence-corrected chi connectivity index (χ0v) is 8.14. The molecule has 0 saturated heterocycles. The third-order valence-electron chi connectivity index (χ3n) is 0.897. The quantitative estimate of drug-likeness (QED) is 0.297. The van der Waals surface area contributed by atoms with E-state index in [2.05, 4.69) is 17.9 Å². The summed E-state index contributed by atoms with van der Waals surface area (Å²) in [5.74, 6) is -0.394. The Bertz CT molecular complexity index is 270. The lowest BCUT2D eigenvalue weighted by atomic mass is 10.4. The molecule has 14 heavy (non-hydrogen) atoms. The van der Waals surface area contributed by atoms with E-state index in [-0.39, 0.29) is 0 Å². The summed E-state index contributed by atoms with van der Waals surface area (Å²) >= 11 is 0. The number of hydrogen-bond donors (Lipinski definition) is 0. The van der Waals surface area contributed by atoms with Gasteiger partial charge in [0.15, 0.2) is 0 Å². The number of esters is 1. The number of ether oxygens (including phenoxy) is 1. The Balaban J connectivity index is 0. The lowest BCUT2D eigenvalue weighted by molar-refractivity contribution is -0.134. The maximum absolute atomic E-state index is 9.84. The number of allylic oxidation sites excluding steroid dienone is 5. The van der Waals surface area contributed by atoms with Gasteiger partial charge in [-0.15, -0.1) is 0 Å². The maximum atomic E-state index is 9.84. The maximum Gasteiger partial charge on any atom is 0.329 e. The Morgan fingerprint density at radius 2 is 2.00 bits per heavy atom. The third kappa shape index (κ3) is 16.5. The van der Waals surface area contributed by atoms with Crippen molar-refractivity contribution >= 4 is 5.97 Å². The van der Waals surface area contributed by atoms with Gasteiger partial charge in [0.25, 0.3) is 0 Å². The summed E-state index contributed by atoms with van der Waals surface area (Å²) in [5.41, 5.74) is 0. The van der Waals surface area contributed by atoms with E-state index < -0.39 is 5.97 Å². The minimum atomic E-state index is -0.394. The summed E-state index contributed by atoms with van der Waals surface area (Å²) in [6, 6.07) is 1.86. The summed E-state index contributed by atoms with van der Waals surface area (Å²) in [6.45, 7) is 6.61. The summed E-state index contributed by atoms with van der Waals surface area (Å²) in [4.78, 5) is 9.84. The molecular weight excluding hydrogens is 178 g/mol. The van der Waals surface area contributed by atoms with Gasteiger partial charge in [-0.2, -0.15) is 5.26 Å². The van der Waals surface area contributed by atoms with Crippen LogP contribution in [0.2, 0.25) is 0 Å². The van der Waals surface area contributed by atoms with Crippen LogP contribution in [0.3, 0.4) is 0 Å². The van der Waals surface area contributed by atoms with Gasteiger partial charge in [-0.3, -0.25) is 0 Å². The molecule has 0 atom stereocenters. The van der Waals surface area contributed by atoms with Crippen LogP contribution in [0.25, 0.3) is 0 Å². The highest BCUT2D eigenvalue weighted by Crippen LogP contribution is 1.74. The van der Waals surface area contributed by atoms with Crippen LogP contribution in [0.5, 0.6) is 0 Å². The second-order valence-electron chi connectivity index (χ2n) is 1.84. The number of nitriles is 1. The molecule has 0 spiro atoms. The van der Waals surface area contributed by atoms with Crippen molar-refractivity contribution in [2.24, 2.45) is 0 Å². The molecule has 3 nitrogen and oxygen atoms in total.